The molecule has 0 aromatic carbocycles. The van der Waals surface area contributed by atoms with Crippen molar-refractivity contribution in [3.63, 3.8) is 0 Å². The molecule has 0 aliphatic rings. The minimum Gasteiger partial charge on any atom is -0.364 e. The van der Waals surface area contributed by atoms with E-state index in [0.717, 1.165) is 4.32 Å². The van der Waals surface area contributed by atoms with Crippen LogP contribution in [-0.4, -0.2) is 44.8 Å². The Morgan fingerprint density at radius 2 is 2.06 bits per heavy atom. The van der Waals surface area contributed by atoms with Crippen molar-refractivity contribution in [3.8, 4) is 0 Å². The van der Waals surface area contributed by atoms with Gasteiger partial charge in [0.05, 0.1) is 5.56 Å². The molecule has 0 aliphatic carbocycles. The molecular formula is C10H13N3OS2. The lowest BCUT2D eigenvalue weighted by atomic mass is 10.2. The van der Waals surface area contributed by atoms with Crippen LogP contribution in [0.2, 0.25) is 0 Å². The zero-order chi connectivity index (χ0) is 12.0. The van der Waals surface area contributed by atoms with Gasteiger partial charge < -0.3 is 4.90 Å². The first kappa shape index (κ1) is 13.1. The molecule has 16 heavy (non-hydrogen) atoms. The Morgan fingerprint density at radius 1 is 1.44 bits per heavy atom. The monoisotopic (exact) mass is 255 g/mol. The number of carbonyl (C=O) groups is 1. The molecule has 1 heterocycles. The lowest BCUT2D eigenvalue weighted by molar-refractivity contribution is 0.0989. The zero-order valence-corrected chi connectivity index (χ0v) is 10.8. The molecule has 0 saturated heterocycles. The second-order valence-electron chi connectivity index (χ2n) is 3.31. The van der Waals surface area contributed by atoms with Crippen LogP contribution in [0, 0.1) is 0 Å². The van der Waals surface area contributed by atoms with E-state index in [-0.39, 0.29) is 5.78 Å². The average molecular weight is 255 g/mol. The molecule has 1 aromatic heterocycles. The number of hydrogen-bond acceptors (Lipinski definition) is 5. The largest absolute Gasteiger partial charge is 0.364 e. The lowest BCUT2D eigenvalue weighted by Gasteiger charge is -2.11. The van der Waals surface area contributed by atoms with Crippen LogP contribution < -0.4 is 0 Å². The van der Waals surface area contributed by atoms with E-state index in [1.165, 1.54) is 30.5 Å². The highest BCUT2D eigenvalue weighted by molar-refractivity contribution is 8.22. The van der Waals surface area contributed by atoms with E-state index in [1.807, 2.05) is 19.0 Å². The number of hydrogen-bond donors (Lipinski definition) is 0. The Morgan fingerprint density at radius 3 is 2.62 bits per heavy atom. The predicted molar refractivity (Wildman–Crippen MR) is 69.7 cm³/mol. The summed E-state index contributed by atoms with van der Waals surface area (Å²) in [5.41, 5.74) is 0.555. The second kappa shape index (κ2) is 6.55. The van der Waals surface area contributed by atoms with E-state index >= 15 is 0 Å². The first-order valence-corrected chi connectivity index (χ1v) is 6.13. The number of carbonyl (C=O) groups excluding carboxylic acids is 1. The third-order valence-corrected chi connectivity index (χ3v) is 3.54. The predicted octanol–water partition coefficient (Wildman–Crippen LogP) is 1.63. The summed E-state index contributed by atoms with van der Waals surface area (Å²) in [6, 6.07) is 0. The number of rotatable bonds is 4. The first-order valence-electron chi connectivity index (χ1n) is 4.73. The van der Waals surface area contributed by atoms with Gasteiger partial charge in [-0.05, 0) is 0 Å². The van der Waals surface area contributed by atoms with Crippen LogP contribution in [0.15, 0.2) is 18.7 Å². The van der Waals surface area contributed by atoms with Crippen molar-refractivity contribution in [1.82, 2.24) is 14.9 Å². The number of nitrogens with zero attached hydrogens (tertiary/aromatic N) is 3. The number of aromatic nitrogens is 2. The van der Waals surface area contributed by atoms with Crippen LogP contribution in [0.5, 0.6) is 0 Å². The molecular weight excluding hydrogens is 242 g/mol. The van der Waals surface area contributed by atoms with Crippen LogP contribution in [0.4, 0.5) is 0 Å². The second-order valence-corrected chi connectivity index (χ2v) is 5.04. The van der Waals surface area contributed by atoms with Gasteiger partial charge in [-0.3, -0.25) is 4.79 Å². The van der Waals surface area contributed by atoms with Crippen molar-refractivity contribution < 1.29 is 4.79 Å². The van der Waals surface area contributed by atoms with Crippen molar-refractivity contribution in [2.75, 3.05) is 19.8 Å². The van der Waals surface area contributed by atoms with Gasteiger partial charge in [-0.25, -0.2) is 9.97 Å². The highest BCUT2D eigenvalue weighted by atomic mass is 32.2. The van der Waals surface area contributed by atoms with Crippen molar-refractivity contribution >= 4 is 34.1 Å². The third kappa shape index (κ3) is 4.24. The van der Waals surface area contributed by atoms with Gasteiger partial charge >= 0.3 is 0 Å². The fourth-order valence-corrected chi connectivity index (χ4v) is 1.92. The fraction of sp³-hybridized carbons (Fsp3) is 0.400. The normalized spacial score (nSPS) is 9.88. The molecule has 0 N–H and O–H groups in total. The summed E-state index contributed by atoms with van der Waals surface area (Å²) in [4.78, 5) is 21.1. The molecule has 0 fully saturated rings. The average Bonchev–Trinajstić information content (AvgIpc) is 2.29. The van der Waals surface area contributed by atoms with Gasteiger partial charge in [0, 0.05) is 38.7 Å². The van der Waals surface area contributed by atoms with Gasteiger partial charge in [-0.1, -0.05) is 24.0 Å². The molecule has 1 aromatic rings. The van der Waals surface area contributed by atoms with E-state index < -0.39 is 0 Å². The summed E-state index contributed by atoms with van der Waals surface area (Å²) in [6.07, 6.45) is 4.92. The Hall–Kier alpha value is -1.01. The minimum atomic E-state index is 0.0506. The first-order chi connectivity index (χ1) is 7.61. The highest BCUT2D eigenvalue weighted by Crippen LogP contribution is 2.10. The van der Waals surface area contributed by atoms with Crippen molar-refractivity contribution in [3.05, 3.63) is 24.3 Å². The maximum Gasteiger partial charge on any atom is 0.166 e. The molecule has 4 nitrogen and oxygen atoms in total. The van der Waals surface area contributed by atoms with Crippen molar-refractivity contribution in [1.29, 1.82) is 0 Å². The van der Waals surface area contributed by atoms with Gasteiger partial charge in [0.2, 0.25) is 0 Å². The SMILES string of the molecule is CN(C)C(=S)SCCC(=O)c1cncnc1. The fourth-order valence-electron chi connectivity index (χ4n) is 0.948. The quantitative estimate of drug-likeness (QED) is 0.602. The summed E-state index contributed by atoms with van der Waals surface area (Å²) < 4.78 is 0.789. The van der Waals surface area contributed by atoms with Gasteiger partial charge in [-0.2, -0.15) is 0 Å². The van der Waals surface area contributed by atoms with Crippen molar-refractivity contribution in [2.24, 2.45) is 0 Å². The van der Waals surface area contributed by atoms with Gasteiger partial charge in [-0.15, -0.1) is 0 Å². The maximum atomic E-state index is 11.6. The van der Waals surface area contributed by atoms with E-state index in [4.69, 9.17) is 12.2 Å². The van der Waals surface area contributed by atoms with Gasteiger partial charge in [0.25, 0.3) is 0 Å². The van der Waals surface area contributed by atoms with E-state index in [9.17, 15) is 4.79 Å². The molecule has 1 rings (SSSR count). The van der Waals surface area contributed by atoms with Crippen LogP contribution in [0.25, 0.3) is 0 Å². The van der Waals surface area contributed by atoms with E-state index in [1.54, 1.807) is 0 Å². The molecule has 0 bridgehead atoms. The summed E-state index contributed by atoms with van der Waals surface area (Å²) in [5.74, 6) is 0.736. The molecule has 0 amide bonds. The van der Waals surface area contributed by atoms with Crippen LogP contribution >= 0.6 is 24.0 Å². The molecule has 0 unspecified atom stereocenters. The Bertz CT molecular complexity index is 368. The maximum absolute atomic E-state index is 11.6. The van der Waals surface area contributed by atoms with Crippen LogP contribution in [-0.2, 0) is 0 Å². The smallest absolute Gasteiger partial charge is 0.166 e. The summed E-state index contributed by atoms with van der Waals surface area (Å²) in [7, 11) is 3.78. The van der Waals surface area contributed by atoms with Gasteiger partial charge in [0.1, 0.15) is 10.6 Å². The number of thioether (sulfide) groups is 1. The van der Waals surface area contributed by atoms with Gasteiger partial charge in [0.15, 0.2) is 5.78 Å². The van der Waals surface area contributed by atoms with Crippen molar-refractivity contribution in [2.45, 2.75) is 6.42 Å². The summed E-state index contributed by atoms with van der Waals surface area (Å²) in [5, 5.41) is 0. The van der Waals surface area contributed by atoms with Crippen LogP contribution in [0.3, 0.4) is 0 Å². The number of ketones is 1. The Kier molecular flexibility index (Phi) is 5.34. The number of Topliss-reactive ketones (excluding diaryl/α,β-unsaturated/α-hetero) is 1. The molecule has 0 atom stereocenters. The van der Waals surface area contributed by atoms with E-state index in [2.05, 4.69) is 9.97 Å². The summed E-state index contributed by atoms with van der Waals surface area (Å²) >= 11 is 6.60. The minimum absolute atomic E-state index is 0.0506. The topological polar surface area (TPSA) is 46.1 Å². The highest BCUT2D eigenvalue weighted by Gasteiger charge is 2.07. The molecule has 86 valence electrons. The standard InChI is InChI=1S/C10H13N3OS2/c1-13(2)10(15)16-4-3-9(14)8-5-11-7-12-6-8/h5-7H,3-4H2,1-2H3. The zero-order valence-electron chi connectivity index (χ0n) is 9.21. The molecule has 0 spiro atoms. The molecule has 0 radical (unpaired) electrons. The summed E-state index contributed by atoms with van der Waals surface area (Å²) in [6.45, 7) is 0. The number of thiocarbonyl (C=S) groups is 1. The molecule has 0 saturated carbocycles. The van der Waals surface area contributed by atoms with E-state index in [0.29, 0.717) is 17.7 Å². The molecule has 6 heteroatoms. The Balaban J connectivity index is 2.34. The lowest BCUT2D eigenvalue weighted by Crippen LogP contribution is -2.16. The third-order valence-electron chi connectivity index (χ3n) is 1.80. The van der Waals surface area contributed by atoms with Crippen LogP contribution in [0.1, 0.15) is 16.8 Å². The Labute approximate surface area is 104 Å². The molecule has 0 aliphatic heterocycles.